The zero-order valence-corrected chi connectivity index (χ0v) is 21.2. The molecular formula is C26H27ClF3N5O3. The molecule has 5 rings (SSSR count). The Bertz CT molecular complexity index is 1320. The van der Waals surface area contributed by atoms with Crippen LogP contribution in [0.15, 0.2) is 18.2 Å². The summed E-state index contributed by atoms with van der Waals surface area (Å²) in [6.07, 6.45) is -0.482. The van der Waals surface area contributed by atoms with Crippen molar-refractivity contribution in [1.82, 2.24) is 20.5 Å². The Hall–Kier alpha value is -3.26. The van der Waals surface area contributed by atoms with Crippen molar-refractivity contribution in [2.45, 2.75) is 56.8 Å². The summed E-state index contributed by atoms with van der Waals surface area (Å²) in [7, 11) is 0. The lowest BCUT2D eigenvalue weighted by atomic mass is 9.78. The van der Waals surface area contributed by atoms with Crippen LogP contribution in [-0.2, 0) is 15.8 Å². The van der Waals surface area contributed by atoms with Crippen molar-refractivity contribution >= 4 is 40.2 Å². The molecule has 12 heteroatoms. The summed E-state index contributed by atoms with van der Waals surface area (Å²) in [5.74, 6) is -1.65. The maximum Gasteiger partial charge on any atom is 0.418 e. The quantitative estimate of drug-likeness (QED) is 0.522. The number of alkyl halides is 3. The van der Waals surface area contributed by atoms with Crippen LogP contribution < -0.4 is 10.6 Å². The van der Waals surface area contributed by atoms with Crippen LogP contribution in [0.3, 0.4) is 0 Å². The van der Waals surface area contributed by atoms with E-state index in [1.807, 2.05) is 0 Å². The first-order chi connectivity index (χ1) is 18.1. The topological polar surface area (TPSA) is 118 Å². The van der Waals surface area contributed by atoms with Gasteiger partial charge in [-0.2, -0.15) is 18.4 Å². The zero-order valence-electron chi connectivity index (χ0n) is 20.4. The predicted molar refractivity (Wildman–Crippen MR) is 132 cm³/mol. The molecule has 0 spiro atoms. The van der Waals surface area contributed by atoms with Gasteiger partial charge >= 0.3 is 6.18 Å². The van der Waals surface area contributed by atoms with E-state index in [1.54, 1.807) is 0 Å². The lowest BCUT2D eigenvalue weighted by Crippen LogP contribution is -2.51. The Kier molecular flexibility index (Phi) is 7.03. The lowest BCUT2D eigenvalue weighted by Gasteiger charge is -2.30. The summed E-state index contributed by atoms with van der Waals surface area (Å²) in [4.78, 5) is 43.2. The number of aromatic nitrogens is 1. The van der Waals surface area contributed by atoms with Gasteiger partial charge in [0.05, 0.1) is 17.1 Å². The Morgan fingerprint density at radius 2 is 2.00 bits per heavy atom. The van der Waals surface area contributed by atoms with E-state index in [2.05, 4.69) is 21.7 Å². The third kappa shape index (κ3) is 4.82. The zero-order chi connectivity index (χ0) is 27.2. The fourth-order valence-corrected chi connectivity index (χ4v) is 6.48. The second-order valence-electron chi connectivity index (χ2n) is 10.4. The Balaban J connectivity index is 1.43. The number of aromatic amines is 1. The van der Waals surface area contributed by atoms with Gasteiger partial charge in [0.15, 0.2) is 0 Å². The van der Waals surface area contributed by atoms with Crippen molar-refractivity contribution < 1.29 is 27.6 Å². The van der Waals surface area contributed by atoms with Gasteiger partial charge in [-0.3, -0.25) is 14.4 Å². The van der Waals surface area contributed by atoms with Crippen LogP contribution in [0.2, 0.25) is 5.02 Å². The normalized spacial score (nSPS) is 26.1. The van der Waals surface area contributed by atoms with Gasteiger partial charge in [-0.15, -0.1) is 0 Å². The number of amides is 3. The van der Waals surface area contributed by atoms with Crippen LogP contribution in [0.4, 0.5) is 13.2 Å². The number of nitrogens with one attached hydrogen (secondary N) is 3. The summed E-state index contributed by atoms with van der Waals surface area (Å²) in [6, 6.07) is 3.58. The molecule has 3 amide bonds. The van der Waals surface area contributed by atoms with Gasteiger partial charge in [-0.05, 0) is 55.7 Å². The van der Waals surface area contributed by atoms with E-state index in [9.17, 15) is 32.8 Å². The molecule has 3 N–H and O–H groups in total. The summed E-state index contributed by atoms with van der Waals surface area (Å²) >= 11 is 6.15. The van der Waals surface area contributed by atoms with Gasteiger partial charge in [0, 0.05) is 29.4 Å². The number of nitriles is 1. The third-order valence-electron chi connectivity index (χ3n) is 8.10. The summed E-state index contributed by atoms with van der Waals surface area (Å²) < 4.78 is 40.8. The van der Waals surface area contributed by atoms with Crippen LogP contribution >= 0.6 is 11.6 Å². The highest BCUT2D eigenvalue weighted by molar-refractivity contribution is 6.35. The van der Waals surface area contributed by atoms with Crippen LogP contribution in [0.1, 0.15) is 54.6 Å². The minimum Gasteiger partial charge on any atom is -0.356 e. The average molecular weight is 550 g/mol. The largest absolute Gasteiger partial charge is 0.418 e. The monoisotopic (exact) mass is 549 g/mol. The molecule has 5 atom stereocenters. The van der Waals surface area contributed by atoms with Crippen LogP contribution in [0.5, 0.6) is 0 Å². The number of hydrogen-bond acceptors (Lipinski definition) is 4. The third-order valence-corrected chi connectivity index (χ3v) is 8.43. The van der Waals surface area contributed by atoms with E-state index >= 15 is 0 Å². The van der Waals surface area contributed by atoms with Crippen LogP contribution in [0.25, 0.3) is 10.9 Å². The standard InChI is InChI=1S/C26H27ClF3N5O3/c27-19-6-5-18(26(28,29)30)21-17(19)10-20(34-21)25(38)35-12-14-3-1-2-4-16(14)22(35)24(37)33-15(11-31)9-13-7-8-32-23(13)36/h5-6,10,13-16,22,34H,1-4,7-9,12H2,(H,32,36)(H,33,37)/t13-,14-,15?,16-,22-/m0/s1. The average Bonchev–Trinajstić information content (AvgIpc) is 3.59. The number of carbonyl (C=O) groups is 3. The lowest BCUT2D eigenvalue weighted by molar-refractivity contribution is -0.136. The first-order valence-corrected chi connectivity index (χ1v) is 13.1. The minimum atomic E-state index is -4.65. The molecule has 2 aromatic rings. The van der Waals surface area contributed by atoms with Gasteiger partial charge in [-0.1, -0.05) is 24.4 Å². The maximum absolute atomic E-state index is 13.7. The highest BCUT2D eigenvalue weighted by Gasteiger charge is 2.49. The van der Waals surface area contributed by atoms with Gasteiger partial charge in [0.1, 0.15) is 17.8 Å². The van der Waals surface area contributed by atoms with E-state index < -0.39 is 35.6 Å². The molecular weight excluding hydrogens is 523 g/mol. The second kappa shape index (κ2) is 10.1. The number of halogens is 4. The molecule has 1 aromatic heterocycles. The fraction of sp³-hybridized carbons (Fsp3) is 0.538. The first-order valence-electron chi connectivity index (χ1n) is 12.8. The molecule has 2 saturated heterocycles. The number of H-pyrrole nitrogens is 1. The van der Waals surface area contributed by atoms with Gasteiger partial charge in [-0.25, -0.2) is 0 Å². The van der Waals surface area contributed by atoms with E-state index in [-0.39, 0.29) is 51.7 Å². The van der Waals surface area contributed by atoms with E-state index in [4.69, 9.17) is 11.6 Å². The molecule has 202 valence electrons. The molecule has 0 bridgehead atoms. The van der Waals surface area contributed by atoms with Crippen LogP contribution in [0, 0.1) is 29.1 Å². The number of hydrogen-bond donors (Lipinski definition) is 3. The molecule has 3 aliphatic rings. The highest BCUT2D eigenvalue weighted by Crippen LogP contribution is 2.42. The van der Waals surface area contributed by atoms with Gasteiger partial charge in [0.2, 0.25) is 11.8 Å². The molecule has 1 unspecified atom stereocenters. The Morgan fingerprint density at radius 3 is 2.68 bits per heavy atom. The minimum absolute atomic E-state index is 0.0699. The van der Waals surface area contributed by atoms with E-state index in [0.29, 0.717) is 19.5 Å². The maximum atomic E-state index is 13.7. The molecule has 8 nitrogen and oxygen atoms in total. The molecule has 1 aromatic carbocycles. The molecule has 3 fully saturated rings. The molecule has 38 heavy (non-hydrogen) atoms. The number of nitrogens with zero attached hydrogens (tertiary/aromatic N) is 2. The highest BCUT2D eigenvalue weighted by atomic mass is 35.5. The number of carbonyl (C=O) groups excluding carboxylic acids is 3. The molecule has 0 radical (unpaired) electrons. The van der Waals surface area contributed by atoms with Crippen molar-refractivity contribution in [2.75, 3.05) is 13.1 Å². The van der Waals surface area contributed by atoms with Crippen molar-refractivity contribution in [3.63, 3.8) is 0 Å². The van der Waals surface area contributed by atoms with Crippen molar-refractivity contribution in [3.8, 4) is 6.07 Å². The number of benzene rings is 1. The van der Waals surface area contributed by atoms with Gasteiger partial charge in [0.25, 0.3) is 5.91 Å². The predicted octanol–water partition coefficient (Wildman–Crippen LogP) is 4.01. The SMILES string of the molecule is N#CC(C[C@@H]1CCNC1=O)NC(=O)[C@@H]1[C@H]2CCCC[C@H]2CN1C(=O)c1cc2c(Cl)ccc(C(F)(F)F)c2[nH]1. The number of rotatable bonds is 5. The summed E-state index contributed by atoms with van der Waals surface area (Å²) in [5.41, 5.74) is -1.31. The molecule has 1 saturated carbocycles. The Morgan fingerprint density at radius 1 is 1.24 bits per heavy atom. The number of fused-ring (bicyclic) bond motifs is 2. The van der Waals surface area contributed by atoms with Crippen LogP contribution in [-0.4, -0.2) is 52.8 Å². The molecule has 3 heterocycles. The smallest absolute Gasteiger partial charge is 0.356 e. The number of likely N-dealkylation sites (tertiary alicyclic amines) is 1. The van der Waals surface area contributed by atoms with Gasteiger partial charge < -0.3 is 20.5 Å². The first kappa shape index (κ1) is 26.4. The van der Waals surface area contributed by atoms with E-state index in [0.717, 1.165) is 37.8 Å². The van der Waals surface area contributed by atoms with Crippen molar-refractivity contribution in [1.29, 1.82) is 5.26 Å². The molecule has 1 aliphatic carbocycles. The Labute approximate surface area is 221 Å². The van der Waals surface area contributed by atoms with E-state index in [1.165, 1.54) is 11.0 Å². The molecule has 2 aliphatic heterocycles. The van der Waals surface area contributed by atoms with Crippen molar-refractivity contribution in [2.24, 2.45) is 17.8 Å². The second-order valence-corrected chi connectivity index (χ2v) is 10.8. The summed E-state index contributed by atoms with van der Waals surface area (Å²) in [5, 5.41) is 15.3. The van der Waals surface area contributed by atoms with Crippen molar-refractivity contribution in [3.05, 3.63) is 34.5 Å². The fourth-order valence-electron chi connectivity index (χ4n) is 6.27. The summed E-state index contributed by atoms with van der Waals surface area (Å²) in [6.45, 7) is 0.813.